The lowest BCUT2D eigenvalue weighted by Gasteiger charge is -2.37. The molecule has 1 unspecified atom stereocenters. The van der Waals surface area contributed by atoms with Crippen molar-refractivity contribution >= 4 is 17.6 Å². The van der Waals surface area contributed by atoms with E-state index in [4.69, 9.17) is 9.47 Å². The molecule has 0 radical (unpaired) electrons. The minimum atomic E-state index is -0.831. The summed E-state index contributed by atoms with van der Waals surface area (Å²) in [5, 5.41) is 0. The number of amides is 1. The molecule has 1 heterocycles. The van der Waals surface area contributed by atoms with Gasteiger partial charge in [-0.1, -0.05) is 51.1 Å². The van der Waals surface area contributed by atoms with Crippen LogP contribution in [0.5, 0.6) is 5.75 Å². The second-order valence-corrected chi connectivity index (χ2v) is 8.84. The molecule has 0 saturated carbocycles. The average molecular weight is 425 g/mol. The Balaban J connectivity index is 1.42. The van der Waals surface area contributed by atoms with E-state index in [2.05, 4.69) is 37.8 Å². The largest absolute Gasteiger partial charge is 0.482 e. The maximum atomic E-state index is 12.7. The molecule has 0 aromatic heterocycles. The lowest BCUT2D eigenvalue weighted by molar-refractivity contribution is -0.160. The van der Waals surface area contributed by atoms with Gasteiger partial charge in [-0.15, -0.1) is 0 Å². The zero-order chi connectivity index (χ0) is 22.4. The number of para-hydroxylation sites is 1. The van der Waals surface area contributed by atoms with E-state index in [0.717, 1.165) is 18.8 Å². The van der Waals surface area contributed by atoms with Crippen LogP contribution in [0.25, 0.3) is 0 Å². The normalized spacial score (nSPS) is 15.4. The van der Waals surface area contributed by atoms with Crippen LogP contribution in [-0.2, 0) is 19.7 Å². The van der Waals surface area contributed by atoms with Crippen LogP contribution in [0.4, 0.5) is 5.69 Å². The van der Waals surface area contributed by atoms with Crippen LogP contribution in [0, 0.1) is 0 Å². The Hall–Kier alpha value is -3.02. The molecule has 31 heavy (non-hydrogen) atoms. The summed E-state index contributed by atoms with van der Waals surface area (Å²) >= 11 is 0. The van der Waals surface area contributed by atoms with Gasteiger partial charge in [-0.2, -0.15) is 0 Å². The van der Waals surface area contributed by atoms with E-state index >= 15 is 0 Å². The molecule has 6 nitrogen and oxygen atoms in total. The summed E-state index contributed by atoms with van der Waals surface area (Å²) in [6.07, 6.45) is -0.831. The second kappa shape index (κ2) is 9.86. The molecule has 0 aliphatic carbocycles. The van der Waals surface area contributed by atoms with E-state index in [9.17, 15) is 9.59 Å². The van der Waals surface area contributed by atoms with Crippen molar-refractivity contribution in [3.05, 3.63) is 60.2 Å². The van der Waals surface area contributed by atoms with Gasteiger partial charge in [-0.05, 0) is 42.2 Å². The lowest BCUT2D eigenvalue weighted by atomic mass is 9.87. The Morgan fingerprint density at radius 3 is 2.13 bits per heavy atom. The van der Waals surface area contributed by atoms with E-state index in [1.807, 2.05) is 42.5 Å². The number of piperazine rings is 1. The molecule has 2 aromatic rings. The standard InChI is InChI=1S/C25H32N2O4/c1-19(24(29)27-16-14-26(15-17-27)21-8-6-5-7-9-21)31-23(28)18-30-22-12-10-20(11-13-22)25(2,3)4/h5-13,19H,14-18H2,1-4H3. The van der Waals surface area contributed by atoms with Crippen LogP contribution in [-0.4, -0.2) is 55.7 Å². The van der Waals surface area contributed by atoms with Crippen molar-refractivity contribution in [2.45, 2.75) is 39.2 Å². The molecule has 0 N–H and O–H groups in total. The van der Waals surface area contributed by atoms with Crippen molar-refractivity contribution in [2.75, 3.05) is 37.7 Å². The predicted octanol–water partition coefficient (Wildman–Crippen LogP) is 3.64. The maximum Gasteiger partial charge on any atom is 0.344 e. The van der Waals surface area contributed by atoms with Gasteiger partial charge in [-0.25, -0.2) is 4.79 Å². The minimum Gasteiger partial charge on any atom is -0.482 e. The summed E-state index contributed by atoms with van der Waals surface area (Å²) in [5.41, 5.74) is 2.40. The number of carbonyl (C=O) groups excluding carboxylic acids is 2. The summed E-state index contributed by atoms with van der Waals surface area (Å²) in [4.78, 5) is 28.8. The molecule has 2 aromatic carbocycles. The molecule has 0 bridgehead atoms. The number of esters is 1. The van der Waals surface area contributed by atoms with Crippen LogP contribution >= 0.6 is 0 Å². The highest BCUT2D eigenvalue weighted by Crippen LogP contribution is 2.24. The number of benzene rings is 2. The predicted molar refractivity (Wildman–Crippen MR) is 121 cm³/mol. The molecule has 3 rings (SSSR count). The Morgan fingerprint density at radius 1 is 0.935 bits per heavy atom. The third kappa shape index (κ3) is 6.23. The van der Waals surface area contributed by atoms with Gasteiger partial charge in [0.25, 0.3) is 5.91 Å². The summed E-state index contributed by atoms with van der Waals surface area (Å²) < 4.78 is 10.8. The number of ether oxygens (including phenoxy) is 2. The molecule has 1 aliphatic rings. The van der Waals surface area contributed by atoms with E-state index < -0.39 is 12.1 Å². The number of carbonyl (C=O) groups is 2. The fourth-order valence-corrected chi connectivity index (χ4v) is 3.56. The monoisotopic (exact) mass is 424 g/mol. The average Bonchev–Trinajstić information content (AvgIpc) is 2.77. The van der Waals surface area contributed by atoms with Crippen molar-refractivity contribution < 1.29 is 19.1 Å². The quantitative estimate of drug-likeness (QED) is 0.663. The smallest absolute Gasteiger partial charge is 0.344 e. The molecule has 1 amide bonds. The van der Waals surface area contributed by atoms with Crippen LogP contribution in [0.2, 0.25) is 0 Å². The first kappa shape index (κ1) is 22.7. The zero-order valence-corrected chi connectivity index (χ0v) is 18.8. The summed E-state index contributed by atoms with van der Waals surface area (Å²) in [5.74, 6) is -0.125. The highest BCUT2D eigenvalue weighted by atomic mass is 16.6. The first-order chi connectivity index (χ1) is 14.7. The van der Waals surface area contributed by atoms with Gasteiger partial charge in [0.15, 0.2) is 12.7 Å². The summed E-state index contributed by atoms with van der Waals surface area (Å²) in [7, 11) is 0. The van der Waals surface area contributed by atoms with Gasteiger partial charge < -0.3 is 19.3 Å². The van der Waals surface area contributed by atoms with E-state index in [0.29, 0.717) is 18.8 Å². The Morgan fingerprint density at radius 2 is 1.55 bits per heavy atom. The molecule has 166 valence electrons. The third-order valence-electron chi connectivity index (χ3n) is 5.45. The van der Waals surface area contributed by atoms with E-state index in [1.54, 1.807) is 11.8 Å². The molecular weight excluding hydrogens is 392 g/mol. The molecule has 1 saturated heterocycles. The van der Waals surface area contributed by atoms with Crippen LogP contribution in [0.1, 0.15) is 33.3 Å². The molecule has 1 atom stereocenters. The Bertz CT molecular complexity index is 867. The van der Waals surface area contributed by atoms with Gasteiger partial charge in [0.1, 0.15) is 5.75 Å². The van der Waals surface area contributed by atoms with Crippen molar-refractivity contribution in [1.82, 2.24) is 4.90 Å². The number of hydrogen-bond donors (Lipinski definition) is 0. The fraction of sp³-hybridized carbons (Fsp3) is 0.440. The van der Waals surface area contributed by atoms with E-state index in [1.165, 1.54) is 5.56 Å². The fourth-order valence-electron chi connectivity index (χ4n) is 3.56. The van der Waals surface area contributed by atoms with Gasteiger partial charge in [0.05, 0.1) is 0 Å². The number of anilines is 1. The van der Waals surface area contributed by atoms with Crippen molar-refractivity contribution in [3.63, 3.8) is 0 Å². The van der Waals surface area contributed by atoms with Gasteiger partial charge in [-0.3, -0.25) is 4.79 Å². The molecule has 6 heteroatoms. The first-order valence-electron chi connectivity index (χ1n) is 10.8. The van der Waals surface area contributed by atoms with Crippen molar-refractivity contribution in [3.8, 4) is 5.75 Å². The Labute approximate surface area is 184 Å². The highest BCUT2D eigenvalue weighted by molar-refractivity contribution is 5.84. The van der Waals surface area contributed by atoms with Gasteiger partial charge >= 0.3 is 5.97 Å². The van der Waals surface area contributed by atoms with Crippen LogP contribution in [0.3, 0.4) is 0 Å². The van der Waals surface area contributed by atoms with Crippen molar-refractivity contribution in [2.24, 2.45) is 0 Å². The van der Waals surface area contributed by atoms with Crippen LogP contribution in [0.15, 0.2) is 54.6 Å². The molecule has 1 fully saturated rings. The third-order valence-corrected chi connectivity index (χ3v) is 5.45. The summed E-state index contributed by atoms with van der Waals surface area (Å²) in [6.45, 7) is 10.5. The number of hydrogen-bond acceptors (Lipinski definition) is 5. The lowest BCUT2D eigenvalue weighted by Crippen LogP contribution is -2.51. The number of nitrogens with zero attached hydrogens (tertiary/aromatic N) is 2. The zero-order valence-electron chi connectivity index (χ0n) is 18.8. The first-order valence-corrected chi connectivity index (χ1v) is 10.8. The van der Waals surface area contributed by atoms with E-state index in [-0.39, 0.29) is 17.9 Å². The SMILES string of the molecule is CC(OC(=O)COc1ccc(C(C)(C)C)cc1)C(=O)N1CCN(c2ccccc2)CC1. The topological polar surface area (TPSA) is 59.1 Å². The molecule has 1 aliphatic heterocycles. The van der Waals surface area contributed by atoms with Gasteiger partial charge in [0.2, 0.25) is 0 Å². The summed E-state index contributed by atoms with van der Waals surface area (Å²) in [6, 6.07) is 17.8. The van der Waals surface area contributed by atoms with Crippen molar-refractivity contribution in [1.29, 1.82) is 0 Å². The van der Waals surface area contributed by atoms with Gasteiger partial charge in [0, 0.05) is 31.9 Å². The second-order valence-electron chi connectivity index (χ2n) is 8.84. The van der Waals surface area contributed by atoms with Crippen LogP contribution < -0.4 is 9.64 Å². The highest BCUT2D eigenvalue weighted by Gasteiger charge is 2.27. The molecular formula is C25H32N2O4. The Kier molecular flexibility index (Phi) is 7.21. The molecule has 0 spiro atoms. The number of rotatable bonds is 6. The minimum absolute atomic E-state index is 0.0554. The maximum absolute atomic E-state index is 12.7.